The predicted octanol–water partition coefficient (Wildman–Crippen LogP) is -1.27. The van der Waals surface area contributed by atoms with Crippen LogP contribution in [0.2, 0.25) is 5.02 Å². The van der Waals surface area contributed by atoms with E-state index < -0.39 is 13.1 Å². The number of hydrogen-bond acceptors (Lipinski definition) is 3. The van der Waals surface area contributed by atoms with Crippen molar-refractivity contribution in [3.63, 3.8) is 0 Å². The molecule has 0 atom stereocenters. The van der Waals surface area contributed by atoms with Crippen LogP contribution in [-0.2, 0) is 0 Å². The van der Waals surface area contributed by atoms with E-state index in [1.165, 1.54) is 0 Å². The summed E-state index contributed by atoms with van der Waals surface area (Å²) in [5, 5.41) is 17.3. The Kier molecular flexibility index (Phi) is 4.12. The van der Waals surface area contributed by atoms with Crippen LogP contribution in [-0.4, -0.2) is 27.6 Å². The molecular weight excluding hydrogens is 187 g/mol. The highest BCUT2D eigenvalue weighted by atomic mass is 35.5. The molecule has 0 aromatic carbocycles. The third-order valence-corrected chi connectivity index (χ3v) is 1.32. The van der Waals surface area contributed by atoms with Gasteiger partial charge >= 0.3 is 7.12 Å². The van der Waals surface area contributed by atoms with Gasteiger partial charge in [0.25, 0.3) is 0 Å². The van der Waals surface area contributed by atoms with Gasteiger partial charge in [-0.2, -0.15) is 4.39 Å². The minimum absolute atomic E-state index is 0. The van der Waals surface area contributed by atoms with E-state index in [0.717, 1.165) is 12.3 Å². The average Bonchev–Trinajstić information content (AvgIpc) is 1.94. The van der Waals surface area contributed by atoms with Crippen LogP contribution in [0.5, 0.6) is 0 Å². The molecule has 0 amide bonds. The number of aromatic nitrogens is 1. The third-order valence-electron chi connectivity index (χ3n) is 1.11. The largest absolute Gasteiger partial charge is 0.493 e. The molecule has 0 aliphatic rings. The topological polar surface area (TPSA) is 84.9 Å². The molecule has 7 heteroatoms. The van der Waals surface area contributed by atoms with Crippen molar-refractivity contribution < 1.29 is 19.9 Å². The lowest BCUT2D eigenvalue weighted by atomic mass is 9.81. The van der Waals surface area contributed by atoms with Crippen molar-refractivity contribution in [2.75, 3.05) is 0 Å². The first-order valence-corrected chi connectivity index (χ1v) is 3.16. The summed E-state index contributed by atoms with van der Waals surface area (Å²) >= 11 is 5.41. The van der Waals surface area contributed by atoms with Crippen molar-refractivity contribution in [2.45, 2.75) is 0 Å². The van der Waals surface area contributed by atoms with E-state index in [-0.39, 0.29) is 16.0 Å². The lowest BCUT2D eigenvalue weighted by molar-refractivity contribution is 0.422. The Hall–Kier alpha value is -0.685. The summed E-state index contributed by atoms with van der Waals surface area (Å²) < 4.78 is 12.5. The van der Waals surface area contributed by atoms with Gasteiger partial charge in [-0.1, -0.05) is 11.6 Å². The molecule has 0 bridgehead atoms. The summed E-state index contributed by atoms with van der Waals surface area (Å²) in [4.78, 5) is 3.18. The molecule has 66 valence electrons. The van der Waals surface area contributed by atoms with Gasteiger partial charge in [-0.25, -0.2) is 4.98 Å². The van der Waals surface area contributed by atoms with E-state index in [0.29, 0.717) is 0 Å². The van der Waals surface area contributed by atoms with Gasteiger partial charge in [0.2, 0.25) is 5.95 Å². The van der Waals surface area contributed by atoms with Crippen molar-refractivity contribution in [1.29, 1.82) is 0 Å². The second kappa shape index (κ2) is 4.37. The third kappa shape index (κ3) is 2.42. The molecule has 0 spiro atoms. The van der Waals surface area contributed by atoms with Gasteiger partial charge in [-0.05, 0) is 6.07 Å². The maximum atomic E-state index is 12.5. The van der Waals surface area contributed by atoms with E-state index in [4.69, 9.17) is 21.6 Å². The quantitative estimate of drug-likeness (QED) is 0.431. The molecule has 4 nitrogen and oxygen atoms in total. The van der Waals surface area contributed by atoms with Gasteiger partial charge in [-0.3, -0.25) is 0 Å². The standard InChI is InChI=1S/C5H4BClFNO2.H2O/c7-3-1-4(6(10)11)5(8)9-2-3;/h1-2,10-11H;1H2. The maximum absolute atomic E-state index is 12.5. The number of hydrogen-bond donors (Lipinski definition) is 2. The molecule has 1 heterocycles. The molecular formula is C5H6BClFNO3. The monoisotopic (exact) mass is 193 g/mol. The van der Waals surface area contributed by atoms with Gasteiger partial charge in [0.05, 0.1) is 5.02 Å². The van der Waals surface area contributed by atoms with E-state index in [2.05, 4.69) is 4.98 Å². The zero-order valence-corrected chi connectivity index (χ0v) is 6.59. The van der Waals surface area contributed by atoms with Gasteiger partial charge in [0, 0.05) is 11.7 Å². The minimum Gasteiger partial charge on any atom is -0.423 e. The van der Waals surface area contributed by atoms with Crippen molar-refractivity contribution in [3.05, 3.63) is 23.2 Å². The first-order chi connectivity index (χ1) is 5.11. The van der Waals surface area contributed by atoms with Crippen molar-refractivity contribution in [2.24, 2.45) is 0 Å². The molecule has 0 aliphatic carbocycles. The molecule has 0 fully saturated rings. The molecule has 0 unspecified atom stereocenters. The molecule has 0 radical (unpaired) electrons. The number of halogens is 2. The van der Waals surface area contributed by atoms with Crippen molar-refractivity contribution >= 4 is 24.2 Å². The van der Waals surface area contributed by atoms with E-state index in [1.807, 2.05) is 0 Å². The fourth-order valence-electron chi connectivity index (χ4n) is 0.619. The first kappa shape index (κ1) is 11.3. The first-order valence-electron chi connectivity index (χ1n) is 2.78. The van der Waals surface area contributed by atoms with E-state index in [1.54, 1.807) is 0 Å². The van der Waals surface area contributed by atoms with Gasteiger partial charge < -0.3 is 15.5 Å². The summed E-state index contributed by atoms with van der Waals surface area (Å²) in [5.41, 5.74) is -0.322. The lowest BCUT2D eigenvalue weighted by Crippen LogP contribution is -2.33. The average molecular weight is 193 g/mol. The Bertz CT molecular complexity index is 273. The SMILES string of the molecule is O.OB(O)c1cc(Cl)cnc1F. The summed E-state index contributed by atoms with van der Waals surface area (Å²) in [6.07, 6.45) is 1.09. The smallest absolute Gasteiger partial charge is 0.423 e. The highest BCUT2D eigenvalue weighted by molar-refractivity contribution is 6.59. The number of nitrogens with zero attached hydrogens (tertiary/aromatic N) is 1. The summed E-state index contributed by atoms with van der Waals surface area (Å²) in [5.74, 6) is -0.926. The zero-order valence-electron chi connectivity index (χ0n) is 5.83. The minimum atomic E-state index is -1.87. The molecule has 12 heavy (non-hydrogen) atoms. The fourth-order valence-corrected chi connectivity index (χ4v) is 0.786. The lowest BCUT2D eigenvalue weighted by Gasteiger charge is -1.99. The van der Waals surface area contributed by atoms with Gasteiger partial charge in [-0.15, -0.1) is 0 Å². The molecule has 1 aromatic heterocycles. The molecule has 4 N–H and O–H groups in total. The second-order valence-corrected chi connectivity index (χ2v) is 2.34. The number of pyridine rings is 1. The maximum Gasteiger partial charge on any atom is 0.493 e. The van der Waals surface area contributed by atoms with Crippen molar-refractivity contribution in [3.8, 4) is 0 Å². The van der Waals surface area contributed by atoms with Gasteiger partial charge in [0.1, 0.15) is 0 Å². The Labute approximate surface area is 73.1 Å². The predicted molar refractivity (Wildman–Crippen MR) is 42.6 cm³/mol. The summed E-state index contributed by atoms with van der Waals surface area (Å²) in [6.45, 7) is 0. The van der Waals surface area contributed by atoms with Crippen LogP contribution in [0.4, 0.5) is 4.39 Å². The van der Waals surface area contributed by atoms with E-state index in [9.17, 15) is 4.39 Å². The normalized spacial score (nSPS) is 9.00. The highest BCUT2D eigenvalue weighted by Gasteiger charge is 2.17. The van der Waals surface area contributed by atoms with Crippen LogP contribution >= 0.6 is 11.6 Å². The highest BCUT2D eigenvalue weighted by Crippen LogP contribution is 2.03. The zero-order chi connectivity index (χ0) is 8.43. The van der Waals surface area contributed by atoms with Crippen LogP contribution in [0.1, 0.15) is 0 Å². The molecule has 1 rings (SSSR count). The molecule has 1 aromatic rings. The van der Waals surface area contributed by atoms with Crippen LogP contribution in [0.3, 0.4) is 0 Å². The van der Waals surface area contributed by atoms with Crippen LogP contribution in [0.25, 0.3) is 0 Å². The fraction of sp³-hybridized carbons (Fsp3) is 0. The van der Waals surface area contributed by atoms with E-state index >= 15 is 0 Å². The Balaban J connectivity index is 0.00000121. The molecule has 0 saturated heterocycles. The van der Waals surface area contributed by atoms with Crippen LogP contribution in [0.15, 0.2) is 12.3 Å². The second-order valence-electron chi connectivity index (χ2n) is 1.91. The van der Waals surface area contributed by atoms with Crippen molar-refractivity contribution in [1.82, 2.24) is 4.98 Å². The Morgan fingerprint density at radius 3 is 2.50 bits per heavy atom. The number of rotatable bonds is 1. The van der Waals surface area contributed by atoms with Gasteiger partial charge in [0.15, 0.2) is 0 Å². The van der Waals surface area contributed by atoms with Crippen LogP contribution in [0, 0.1) is 5.95 Å². The Morgan fingerprint density at radius 1 is 1.50 bits per heavy atom. The summed E-state index contributed by atoms with van der Waals surface area (Å²) in [6, 6.07) is 1.11. The molecule has 0 saturated carbocycles. The Morgan fingerprint density at radius 2 is 2.08 bits per heavy atom. The molecule has 0 aliphatic heterocycles. The van der Waals surface area contributed by atoms with Crippen LogP contribution < -0.4 is 5.46 Å². The summed E-state index contributed by atoms with van der Waals surface area (Å²) in [7, 11) is -1.87.